The van der Waals surface area contributed by atoms with Crippen LogP contribution in [0.5, 0.6) is 0 Å². The van der Waals surface area contributed by atoms with Gasteiger partial charge in [-0.2, -0.15) is 13.2 Å². The van der Waals surface area contributed by atoms with Gasteiger partial charge in [0.15, 0.2) is 0 Å². The second-order valence-corrected chi connectivity index (χ2v) is 7.68. The van der Waals surface area contributed by atoms with Crippen LogP contribution in [0.2, 0.25) is 5.02 Å². The molecule has 168 valence electrons. The lowest BCUT2D eigenvalue weighted by Crippen LogP contribution is -2.48. The average molecular weight is 464 g/mol. The van der Waals surface area contributed by atoms with Crippen molar-refractivity contribution in [3.8, 4) is 11.3 Å². The molecule has 11 heteroatoms. The number of benzene rings is 1. The van der Waals surface area contributed by atoms with E-state index >= 15 is 0 Å². The maximum Gasteiger partial charge on any atom is 0.418 e. The standard InChI is InChI=1S/C21H20ClF3N6O/c1-2-18(32)30-5-7-31(8-6-30)20-13-9-15(22)12(10-16(13)27-11-28-20)19-14(21(23,24)25)3-4-17(26)29-19/h2-4,9-11,32H,5-8H2,1H3,(H2,26,29)/p-1/b18-2-. The largest absolute Gasteiger partial charge is 0.861 e. The minimum atomic E-state index is -4.63. The number of hydrogen-bond donors (Lipinski definition) is 1. The molecule has 1 aromatic carbocycles. The van der Waals surface area contributed by atoms with Gasteiger partial charge in [-0.25, -0.2) is 15.0 Å². The summed E-state index contributed by atoms with van der Waals surface area (Å²) in [6.45, 7) is 3.87. The first-order chi connectivity index (χ1) is 15.2. The quantitative estimate of drug-likeness (QED) is 0.595. The fourth-order valence-electron chi connectivity index (χ4n) is 3.73. The van der Waals surface area contributed by atoms with E-state index in [0.29, 0.717) is 42.9 Å². The van der Waals surface area contributed by atoms with E-state index in [0.717, 1.165) is 12.1 Å². The molecule has 0 radical (unpaired) electrons. The van der Waals surface area contributed by atoms with E-state index in [1.807, 2.05) is 4.90 Å². The Morgan fingerprint density at radius 1 is 1.16 bits per heavy atom. The van der Waals surface area contributed by atoms with Crippen LogP contribution >= 0.6 is 11.6 Å². The van der Waals surface area contributed by atoms with E-state index in [4.69, 9.17) is 17.3 Å². The summed E-state index contributed by atoms with van der Waals surface area (Å²) in [6.07, 6.45) is -1.75. The number of halogens is 4. The van der Waals surface area contributed by atoms with Crippen LogP contribution in [-0.2, 0) is 6.18 Å². The van der Waals surface area contributed by atoms with E-state index in [2.05, 4.69) is 15.0 Å². The third-order valence-electron chi connectivity index (χ3n) is 5.32. The first-order valence-electron chi connectivity index (χ1n) is 9.80. The fourth-order valence-corrected chi connectivity index (χ4v) is 3.98. The van der Waals surface area contributed by atoms with Gasteiger partial charge in [-0.15, -0.1) is 0 Å². The molecule has 1 fully saturated rings. The third kappa shape index (κ3) is 4.10. The number of nitrogens with zero attached hydrogens (tertiary/aromatic N) is 5. The molecule has 0 atom stereocenters. The van der Waals surface area contributed by atoms with Crippen LogP contribution in [0.4, 0.5) is 24.8 Å². The molecular weight excluding hydrogens is 445 g/mol. The zero-order valence-electron chi connectivity index (χ0n) is 17.0. The Morgan fingerprint density at radius 2 is 1.88 bits per heavy atom. The van der Waals surface area contributed by atoms with Crippen LogP contribution in [0.1, 0.15) is 12.5 Å². The number of alkyl halides is 3. The Labute approximate surface area is 187 Å². The molecule has 0 bridgehead atoms. The van der Waals surface area contributed by atoms with Gasteiger partial charge in [0.25, 0.3) is 0 Å². The molecule has 2 N–H and O–H groups in total. The SMILES string of the molecule is C/C=C(\[O-])N1CCN(c2ncnc3cc(-c4nc(N)ccc4C(F)(F)F)c(Cl)cc23)CC1. The highest BCUT2D eigenvalue weighted by Crippen LogP contribution is 2.41. The zero-order chi connectivity index (χ0) is 23.0. The van der Waals surface area contributed by atoms with Gasteiger partial charge < -0.3 is 20.6 Å². The minimum Gasteiger partial charge on any atom is -0.861 e. The molecule has 3 aromatic rings. The lowest BCUT2D eigenvalue weighted by Gasteiger charge is -2.40. The molecule has 0 aliphatic carbocycles. The highest BCUT2D eigenvalue weighted by molar-refractivity contribution is 6.34. The van der Waals surface area contributed by atoms with Crippen LogP contribution in [0.25, 0.3) is 22.2 Å². The van der Waals surface area contributed by atoms with Crippen LogP contribution in [0.15, 0.2) is 42.6 Å². The Kier molecular flexibility index (Phi) is 5.72. The Bertz CT molecular complexity index is 1190. The number of nitrogen functional groups attached to an aromatic ring is 1. The fraction of sp³-hybridized carbons (Fsp3) is 0.286. The lowest BCUT2D eigenvalue weighted by atomic mass is 10.0. The van der Waals surface area contributed by atoms with Crippen molar-refractivity contribution >= 4 is 34.1 Å². The number of rotatable bonds is 3. The van der Waals surface area contributed by atoms with Crippen molar-refractivity contribution in [2.75, 3.05) is 36.8 Å². The summed E-state index contributed by atoms with van der Waals surface area (Å²) in [5.41, 5.74) is 4.87. The normalized spacial score (nSPS) is 15.5. The summed E-state index contributed by atoms with van der Waals surface area (Å²) in [6, 6.07) is 5.00. The van der Waals surface area contributed by atoms with Gasteiger partial charge in [0.1, 0.15) is 18.0 Å². The maximum atomic E-state index is 13.5. The van der Waals surface area contributed by atoms with Crippen molar-refractivity contribution in [2.45, 2.75) is 13.1 Å². The molecule has 2 aromatic heterocycles. The predicted octanol–water partition coefficient (Wildman–Crippen LogP) is 3.29. The number of piperazine rings is 1. The van der Waals surface area contributed by atoms with E-state index in [-0.39, 0.29) is 28.0 Å². The average Bonchev–Trinajstić information content (AvgIpc) is 2.77. The van der Waals surface area contributed by atoms with Gasteiger partial charge >= 0.3 is 6.18 Å². The molecular formula is C21H19ClF3N6O-. The molecule has 0 unspecified atom stereocenters. The second-order valence-electron chi connectivity index (χ2n) is 7.28. The van der Waals surface area contributed by atoms with E-state index in [1.54, 1.807) is 17.9 Å². The molecule has 0 spiro atoms. The minimum absolute atomic E-state index is 0.0278. The summed E-state index contributed by atoms with van der Waals surface area (Å²) in [5, 5.41) is 12.5. The monoisotopic (exact) mass is 463 g/mol. The summed E-state index contributed by atoms with van der Waals surface area (Å²) in [7, 11) is 0. The molecule has 1 aliphatic heterocycles. The number of anilines is 2. The van der Waals surface area contributed by atoms with E-state index in [1.165, 1.54) is 18.5 Å². The molecule has 1 aliphatic rings. The van der Waals surface area contributed by atoms with Gasteiger partial charge in [-0.3, -0.25) is 0 Å². The maximum absolute atomic E-state index is 13.5. The van der Waals surface area contributed by atoms with Crippen LogP contribution in [-0.4, -0.2) is 46.0 Å². The van der Waals surface area contributed by atoms with Gasteiger partial charge in [0.05, 0.1) is 21.8 Å². The van der Waals surface area contributed by atoms with Gasteiger partial charge in [-0.05, 0) is 37.1 Å². The number of hydrogen-bond acceptors (Lipinski definition) is 7. The number of allylic oxidation sites excluding steroid dienone is 1. The Hall–Kier alpha value is -3.27. The van der Waals surface area contributed by atoms with Gasteiger partial charge in [-0.1, -0.05) is 17.7 Å². The van der Waals surface area contributed by atoms with Crippen molar-refractivity contribution in [1.82, 2.24) is 19.9 Å². The van der Waals surface area contributed by atoms with E-state index < -0.39 is 11.7 Å². The van der Waals surface area contributed by atoms with Crippen molar-refractivity contribution in [1.29, 1.82) is 0 Å². The van der Waals surface area contributed by atoms with Crippen molar-refractivity contribution < 1.29 is 18.3 Å². The number of nitrogens with two attached hydrogens (primary N) is 1. The third-order valence-corrected chi connectivity index (χ3v) is 5.63. The lowest BCUT2D eigenvalue weighted by molar-refractivity contribution is -0.333. The summed E-state index contributed by atoms with van der Waals surface area (Å²) < 4.78 is 40.6. The zero-order valence-corrected chi connectivity index (χ0v) is 17.8. The summed E-state index contributed by atoms with van der Waals surface area (Å²) >= 11 is 6.43. The Morgan fingerprint density at radius 3 is 2.53 bits per heavy atom. The topological polar surface area (TPSA) is 94.2 Å². The molecule has 3 heterocycles. The highest BCUT2D eigenvalue weighted by atomic mass is 35.5. The number of aromatic nitrogens is 3. The van der Waals surface area contributed by atoms with Crippen molar-refractivity contribution in [3.63, 3.8) is 0 Å². The Balaban J connectivity index is 1.76. The van der Waals surface area contributed by atoms with Crippen molar-refractivity contribution in [3.05, 3.63) is 53.1 Å². The molecule has 32 heavy (non-hydrogen) atoms. The second kappa shape index (κ2) is 8.34. The molecule has 0 saturated carbocycles. The van der Waals surface area contributed by atoms with Crippen LogP contribution < -0.4 is 15.7 Å². The first kappa shape index (κ1) is 21.9. The number of pyridine rings is 1. The van der Waals surface area contributed by atoms with Crippen LogP contribution in [0.3, 0.4) is 0 Å². The number of fused-ring (bicyclic) bond motifs is 1. The van der Waals surface area contributed by atoms with Crippen LogP contribution in [0, 0.1) is 0 Å². The highest BCUT2D eigenvalue weighted by Gasteiger charge is 2.35. The molecule has 0 amide bonds. The van der Waals surface area contributed by atoms with Crippen molar-refractivity contribution in [2.24, 2.45) is 0 Å². The smallest absolute Gasteiger partial charge is 0.418 e. The summed E-state index contributed by atoms with van der Waals surface area (Å²) in [4.78, 5) is 16.2. The van der Waals surface area contributed by atoms with E-state index in [9.17, 15) is 18.3 Å². The predicted molar refractivity (Wildman–Crippen MR) is 115 cm³/mol. The first-order valence-corrected chi connectivity index (χ1v) is 10.2. The molecule has 4 rings (SSSR count). The molecule has 1 saturated heterocycles. The van der Waals surface area contributed by atoms with Gasteiger partial charge in [0.2, 0.25) is 0 Å². The molecule has 7 nitrogen and oxygen atoms in total. The summed E-state index contributed by atoms with van der Waals surface area (Å²) in [5.74, 6) is 0.525. The van der Waals surface area contributed by atoms with Gasteiger partial charge in [0, 0.05) is 37.1 Å².